The number of hydrogen-bond acceptors (Lipinski definition) is 5. The number of fused-ring (bicyclic) bond motifs is 3. The summed E-state index contributed by atoms with van der Waals surface area (Å²) in [7, 11) is -3.83. The molecule has 4 aromatic rings. The summed E-state index contributed by atoms with van der Waals surface area (Å²) in [5.74, 6) is 0. The van der Waals surface area contributed by atoms with E-state index in [1.807, 2.05) is 58.0 Å². The van der Waals surface area contributed by atoms with Gasteiger partial charge in [-0.2, -0.15) is 0 Å². The van der Waals surface area contributed by atoms with Crippen LogP contribution in [0.4, 0.5) is 5.69 Å². The Morgan fingerprint density at radius 2 is 1.54 bits per heavy atom. The highest BCUT2D eigenvalue weighted by Crippen LogP contribution is 2.35. The van der Waals surface area contributed by atoms with Crippen LogP contribution in [-0.2, 0) is 10.0 Å². The van der Waals surface area contributed by atoms with Gasteiger partial charge < -0.3 is 4.42 Å². The second kappa shape index (κ2) is 6.46. The molecule has 0 aliphatic rings. The van der Waals surface area contributed by atoms with Crippen molar-refractivity contribution in [1.82, 2.24) is 0 Å². The van der Waals surface area contributed by atoms with Gasteiger partial charge in [-0.15, -0.1) is 0 Å². The van der Waals surface area contributed by atoms with Crippen LogP contribution in [0.3, 0.4) is 0 Å². The van der Waals surface area contributed by atoms with Gasteiger partial charge in [0.15, 0.2) is 5.58 Å². The highest BCUT2D eigenvalue weighted by atomic mass is 32.2. The van der Waals surface area contributed by atoms with Crippen LogP contribution in [0.25, 0.3) is 21.1 Å². The standard InChI is InChI=1S/C21H19NO4S2/c1-11-9-12(2)14(4)20(13(11)3)28(24,25)22-17-10-18-19(26-21(23)27-18)16-8-6-5-7-15(16)17/h5-10,22H,1-4H3. The van der Waals surface area contributed by atoms with Crippen molar-refractivity contribution in [2.75, 3.05) is 4.72 Å². The van der Waals surface area contributed by atoms with Crippen LogP contribution in [0.5, 0.6) is 0 Å². The Morgan fingerprint density at radius 1 is 0.929 bits per heavy atom. The summed E-state index contributed by atoms with van der Waals surface area (Å²) in [5.41, 5.74) is 4.22. The van der Waals surface area contributed by atoms with Crippen molar-refractivity contribution in [2.24, 2.45) is 0 Å². The Balaban J connectivity index is 1.96. The van der Waals surface area contributed by atoms with E-state index in [0.29, 0.717) is 31.6 Å². The summed E-state index contributed by atoms with van der Waals surface area (Å²) < 4.78 is 35.3. The van der Waals surface area contributed by atoms with Crippen molar-refractivity contribution in [3.05, 3.63) is 68.4 Å². The van der Waals surface area contributed by atoms with E-state index in [2.05, 4.69) is 4.72 Å². The zero-order valence-electron chi connectivity index (χ0n) is 15.9. The number of hydrogen-bond donors (Lipinski definition) is 1. The molecule has 0 radical (unpaired) electrons. The predicted octanol–water partition coefficient (Wildman–Crippen LogP) is 5.04. The van der Waals surface area contributed by atoms with E-state index in [9.17, 15) is 13.2 Å². The van der Waals surface area contributed by atoms with E-state index in [0.717, 1.165) is 33.6 Å². The molecule has 1 aromatic heterocycles. The Morgan fingerprint density at radius 3 is 2.18 bits per heavy atom. The second-order valence-electron chi connectivity index (χ2n) is 6.95. The Kier molecular flexibility index (Phi) is 4.32. The topological polar surface area (TPSA) is 76.4 Å². The molecule has 0 bridgehead atoms. The molecule has 0 fully saturated rings. The lowest BCUT2D eigenvalue weighted by Crippen LogP contribution is -2.17. The van der Waals surface area contributed by atoms with E-state index in [4.69, 9.17) is 4.42 Å². The molecule has 0 spiro atoms. The molecule has 144 valence electrons. The molecule has 0 atom stereocenters. The maximum Gasteiger partial charge on any atom is 0.396 e. The molecule has 7 heteroatoms. The maximum absolute atomic E-state index is 13.3. The molecule has 3 aromatic carbocycles. The molecule has 4 rings (SSSR count). The van der Waals surface area contributed by atoms with Crippen LogP contribution in [0.2, 0.25) is 0 Å². The molecule has 28 heavy (non-hydrogen) atoms. The molecule has 1 N–H and O–H groups in total. The van der Waals surface area contributed by atoms with E-state index < -0.39 is 15.0 Å². The van der Waals surface area contributed by atoms with Crippen molar-refractivity contribution in [3.63, 3.8) is 0 Å². The zero-order chi connectivity index (χ0) is 20.2. The average molecular weight is 414 g/mol. The smallest absolute Gasteiger partial charge is 0.396 e. The van der Waals surface area contributed by atoms with Crippen molar-refractivity contribution in [3.8, 4) is 0 Å². The molecule has 0 amide bonds. The Labute approximate surface area is 166 Å². The SMILES string of the molecule is Cc1cc(C)c(C)c(S(=O)(=O)Nc2cc3sc(=O)oc3c3ccccc23)c1C. The third-order valence-corrected chi connectivity index (χ3v) is 7.56. The van der Waals surface area contributed by atoms with Gasteiger partial charge in [-0.3, -0.25) is 4.72 Å². The molecular weight excluding hydrogens is 394 g/mol. The lowest BCUT2D eigenvalue weighted by Gasteiger charge is -2.17. The van der Waals surface area contributed by atoms with Gasteiger partial charge in [0.2, 0.25) is 0 Å². The van der Waals surface area contributed by atoms with Gasteiger partial charge in [0.05, 0.1) is 15.3 Å². The zero-order valence-corrected chi connectivity index (χ0v) is 17.5. The quantitative estimate of drug-likeness (QED) is 0.510. The fraction of sp³-hybridized carbons (Fsp3) is 0.190. The summed E-state index contributed by atoms with van der Waals surface area (Å²) in [5, 5.41) is 1.38. The van der Waals surface area contributed by atoms with E-state index in [1.54, 1.807) is 6.07 Å². The largest absolute Gasteiger partial charge is 0.413 e. The lowest BCUT2D eigenvalue weighted by atomic mass is 10.0. The molecule has 0 saturated carbocycles. The number of benzene rings is 3. The number of sulfonamides is 1. The highest BCUT2D eigenvalue weighted by molar-refractivity contribution is 7.92. The normalized spacial score (nSPS) is 12.0. The monoisotopic (exact) mass is 413 g/mol. The molecule has 0 unspecified atom stereocenters. The van der Waals surface area contributed by atoms with Crippen LogP contribution < -0.4 is 9.66 Å². The van der Waals surface area contributed by atoms with Gasteiger partial charge in [-0.05, 0) is 56.0 Å². The number of aryl methyl sites for hydroxylation is 2. The average Bonchev–Trinajstić information content (AvgIpc) is 3.00. The summed E-state index contributed by atoms with van der Waals surface area (Å²) in [6.45, 7) is 7.45. The van der Waals surface area contributed by atoms with Gasteiger partial charge in [0.1, 0.15) is 0 Å². The van der Waals surface area contributed by atoms with Crippen molar-refractivity contribution < 1.29 is 12.8 Å². The summed E-state index contributed by atoms with van der Waals surface area (Å²) >= 11 is 0.957. The van der Waals surface area contributed by atoms with Crippen molar-refractivity contribution in [2.45, 2.75) is 32.6 Å². The first-order chi connectivity index (χ1) is 13.2. The Hall–Kier alpha value is -2.64. The van der Waals surface area contributed by atoms with E-state index in [-0.39, 0.29) is 0 Å². The third kappa shape index (κ3) is 2.91. The van der Waals surface area contributed by atoms with Crippen molar-refractivity contribution in [1.29, 1.82) is 0 Å². The molecule has 0 aliphatic carbocycles. The Bertz CT molecular complexity index is 1390. The van der Waals surface area contributed by atoms with Gasteiger partial charge in [-0.25, -0.2) is 13.2 Å². The minimum Gasteiger partial charge on any atom is -0.413 e. The predicted molar refractivity (Wildman–Crippen MR) is 114 cm³/mol. The van der Waals surface area contributed by atoms with Crippen molar-refractivity contribution >= 4 is 48.1 Å². The maximum atomic E-state index is 13.3. The third-order valence-electron chi connectivity index (χ3n) is 5.15. The minimum absolute atomic E-state index is 0.301. The molecule has 1 heterocycles. The summed E-state index contributed by atoms with van der Waals surface area (Å²) in [4.78, 5) is 11.6. The van der Waals surface area contributed by atoms with Crippen LogP contribution in [-0.4, -0.2) is 8.42 Å². The minimum atomic E-state index is -3.83. The summed E-state index contributed by atoms with van der Waals surface area (Å²) in [6.07, 6.45) is 0. The molecule has 0 aliphatic heterocycles. The number of rotatable bonds is 3. The lowest BCUT2D eigenvalue weighted by molar-refractivity contribution is 0.588. The first-order valence-corrected chi connectivity index (χ1v) is 11.0. The number of anilines is 1. The van der Waals surface area contributed by atoms with E-state index >= 15 is 0 Å². The fourth-order valence-electron chi connectivity index (χ4n) is 3.56. The summed E-state index contributed by atoms with van der Waals surface area (Å²) in [6, 6.07) is 10.9. The van der Waals surface area contributed by atoms with E-state index in [1.165, 1.54) is 0 Å². The fourth-order valence-corrected chi connectivity index (χ4v) is 5.98. The highest BCUT2D eigenvalue weighted by Gasteiger charge is 2.23. The van der Waals surface area contributed by atoms with Crippen LogP contribution in [0.1, 0.15) is 22.3 Å². The van der Waals surface area contributed by atoms with Gasteiger partial charge in [0.25, 0.3) is 10.0 Å². The second-order valence-corrected chi connectivity index (χ2v) is 9.54. The van der Waals surface area contributed by atoms with Crippen LogP contribution in [0, 0.1) is 27.7 Å². The van der Waals surface area contributed by atoms with Gasteiger partial charge in [-0.1, -0.05) is 41.7 Å². The van der Waals surface area contributed by atoms with Gasteiger partial charge in [0, 0.05) is 10.8 Å². The molecule has 5 nitrogen and oxygen atoms in total. The van der Waals surface area contributed by atoms with Crippen LogP contribution >= 0.6 is 11.3 Å². The number of nitrogens with one attached hydrogen (secondary N) is 1. The molecule has 0 saturated heterocycles. The molecular formula is C21H19NO4S2. The van der Waals surface area contributed by atoms with Gasteiger partial charge >= 0.3 is 4.94 Å². The van der Waals surface area contributed by atoms with Crippen LogP contribution in [0.15, 0.2) is 50.5 Å². The first-order valence-electron chi connectivity index (χ1n) is 8.74. The first kappa shape index (κ1) is 18.7.